The molecule has 1 aliphatic carbocycles. The lowest BCUT2D eigenvalue weighted by molar-refractivity contribution is -0.220. The highest BCUT2D eigenvalue weighted by Crippen LogP contribution is 2.28. The van der Waals surface area contributed by atoms with Gasteiger partial charge >= 0.3 is 5.97 Å². The molecule has 0 aliphatic heterocycles. The second-order valence-electron chi connectivity index (χ2n) is 6.33. The molecular formula is C18H22N2O5. The minimum absolute atomic E-state index is 0.0782. The number of rotatable bonds is 5. The van der Waals surface area contributed by atoms with E-state index in [4.69, 9.17) is 14.3 Å². The fourth-order valence-corrected chi connectivity index (χ4v) is 3.03. The van der Waals surface area contributed by atoms with Crippen molar-refractivity contribution in [3.8, 4) is 17.2 Å². The minimum atomic E-state index is -0.323. The van der Waals surface area contributed by atoms with Crippen LogP contribution in [0.15, 0.2) is 16.7 Å². The number of pyridine rings is 1. The number of aryl methyl sites for hydroxylation is 2. The van der Waals surface area contributed by atoms with Crippen molar-refractivity contribution >= 4 is 5.97 Å². The van der Waals surface area contributed by atoms with Gasteiger partial charge in [0.25, 0.3) is 0 Å². The van der Waals surface area contributed by atoms with Crippen LogP contribution in [0.5, 0.6) is 5.75 Å². The summed E-state index contributed by atoms with van der Waals surface area (Å²) in [5.41, 5.74) is 2.31. The zero-order chi connectivity index (χ0) is 17.8. The highest BCUT2D eigenvalue weighted by molar-refractivity contribution is 5.72. The number of aliphatic hydroxyl groups excluding tert-OH is 1. The van der Waals surface area contributed by atoms with Gasteiger partial charge in [-0.3, -0.25) is 9.78 Å². The third-order valence-corrected chi connectivity index (χ3v) is 4.56. The number of hydrogen-bond donors (Lipinski definition) is 1. The lowest BCUT2D eigenvalue weighted by atomic mass is 9.89. The molecular weight excluding hydrogens is 324 g/mol. The average molecular weight is 346 g/mol. The van der Waals surface area contributed by atoms with E-state index in [9.17, 15) is 9.90 Å². The van der Waals surface area contributed by atoms with E-state index in [1.54, 1.807) is 26.0 Å². The van der Waals surface area contributed by atoms with Crippen LogP contribution in [0.4, 0.5) is 0 Å². The molecule has 0 saturated heterocycles. The summed E-state index contributed by atoms with van der Waals surface area (Å²) in [5, 5.41) is 13.3. The molecule has 0 radical (unpaired) electrons. The van der Waals surface area contributed by atoms with Gasteiger partial charge in [-0.15, -0.1) is 0 Å². The van der Waals surface area contributed by atoms with E-state index in [0.717, 1.165) is 25.7 Å². The first kappa shape index (κ1) is 17.4. The molecule has 2 aromatic heterocycles. The lowest BCUT2D eigenvalue weighted by Crippen LogP contribution is -2.21. The summed E-state index contributed by atoms with van der Waals surface area (Å²) < 4.78 is 5.25. The number of carbonyl (C=O) groups is 1. The SMILES string of the molecule is Cc1nc(-c2onc(C)c2CO)ccc1OOC(=O)C1CCCCC1. The maximum Gasteiger partial charge on any atom is 0.358 e. The number of hydrogen-bond acceptors (Lipinski definition) is 7. The monoisotopic (exact) mass is 346 g/mol. The Kier molecular flexibility index (Phi) is 5.33. The molecule has 0 atom stereocenters. The molecule has 2 heterocycles. The van der Waals surface area contributed by atoms with E-state index in [1.807, 2.05) is 0 Å². The van der Waals surface area contributed by atoms with Crippen LogP contribution in [0.3, 0.4) is 0 Å². The van der Waals surface area contributed by atoms with Crippen molar-refractivity contribution in [2.45, 2.75) is 52.6 Å². The van der Waals surface area contributed by atoms with Gasteiger partial charge in [-0.1, -0.05) is 24.4 Å². The Balaban J connectivity index is 1.68. The third-order valence-electron chi connectivity index (χ3n) is 4.56. The third kappa shape index (κ3) is 3.82. The van der Waals surface area contributed by atoms with Gasteiger partial charge in [0, 0.05) is 5.56 Å². The zero-order valence-corrected chi connectivity index (χ0v) is 14.4. The van der Waals surface area contributed by atoms with Crippen LogP contribution in [-0.4, -0.2) is 21.2 Å². The molecule has 0 bridgehead atoms. The Morgan fingerprint density at radius 1 is 1.24 bits per heavy atom. The summed E-state index contributed by atoms with van der Waals surface area (Å²) in [5.74, 6) is 0.394. The van der Waals surface area contributed by atoms with Crippen molar-refractivity contribution in [3.05, 3.63) is 29.1 Å². The molecule has 7 heteroatoms. The maximum absolute atomic E-state index is 12.0. The first-order chi connectivity index (χ1) is 12.1. The molecule has 134 valence electrons. The number of nitrogens with zero attached hydrogens (tertiary/aromatic N) is 2. The summed E-state index contributed by atoms with van der Waals surface area (Å²) in [7, 11) is 0. The molecule has 25 heavy (non-hydrogen) atoms. The lowest BCUT2D eigenvalue weighted by Gasteiger charge is -2.19. The summed E-state index contributed by atoms with van der Waals surface area (Å²) in [6.07, 6.45) is 4.99. The molecule has 1 fully saturated rings. The van der Waals surface area contributed by atoms with Gasteiger partial charge in [-0.05, 0) is 38.8 Å². The van der Waals surface area contributed by atoms with Gasteiger partial charge in [0.2, 0.25) is 0 Å². The van der Waals surface area contributed by atoms with Crippen molar-refractivity contribution in [2.75, 3.05) is 0 Å². The Hall–Kier alpha value is -2.41. The van der Waals surface area contributed by atoms with Crippen LogP contribution in [-0.2, 0) is 16.3 Å². The van der Waals surface area contributed by atoms with E-state index in [1.165, 1.54) is 6.42 Å². The van der Waals surface area contributed by atoms with Crippen LogP contribution in [0.25, 0.3) is 11.5 Å². The molecule has 0 aromatic carbocycles. The maximum atomic E-state index is 12.0. The smallest absolute Gasteiger partial charge is 0.358 e. The Morgan fingerprint density at radius 3 is 2.68 bits per heavy atom. The van der Waals surface area contributed by atoms with Crippen LogP contribution < -0.4 is 4.89 Å². The van der Waals surface area contributed by atoms with E-state index < -0.39 is 0 Å². The van der Waals surface area contributed by atoms with Crippen LogP contribution in [0.1, 0.15) is 49.1 Å². The van der Waals surface area contributed by atoms with E-state index in [-0.39, 0.29) is 18.5 Å². The molecule has 2 aromatic rings. The normalized spacial score (nSPS) is 15.2. The standard InChI is InChI=1S/C18H22N2O5/c1-11-14(10-21)17(23-20-11)15-8-9-16(12(2)19-15)24-25-18(22)13-6-4-3-5-7-13/h8-9,13,21H,3-7,10H2,1-2H3. The van der Waals surface area contributed by atoms with Gasteiger partial charge < -0.3 is 9.63 Å². The van der Waals surface area contributed by atoms with E-state index in [2.05, 4.69) is 10.1 Å². The summed E-state index contributed by atoms with van der Waals surface area (Å²) in [6, 6.07) is 3.33. The molecule has 1 aliphatic rings. The summed E-state index contributed by atoms with van der Waals surface area (Å²) in [4.78, 5) is 26.6. The van der Waals surface area contributed by atoms with Crippen LogP contribution in [0, 0.1) is 19.8 Å². The van der Waals surface area contributed by atoms with Gasteiger partial charge in [-0.2, -0.15) is 0 Å². The molecule has 3 rings (SSSR count). The predicted octanol–water partition coefficient (Wildman–Crippen LogP) is 3.26. The largest absolute Gasteiger partial charge is 0.391 e. The summed E-state index contributed by atoms with van der Waals surface area (Å²) >= 11 is 0. The fraction of sp³-hybridized carbons (Fsp3) is 0.500. The van der Waals surface area contributed by atoms with Gasteiger partial charge in [0.1, 0.15) is 5.69 Å². The Bertz CT molecular complexity index is 750. The van der Waals surface area contributed by atoms with Gasteiger partial charge in [0.15, 0.2) is 11.5 Å². The molecule has 0 unspecified atom stereocenters. The van der Waals surface area contributed by atoms with Crippen molar-refractivity contribution in [1.29, 1.82) is 0 Å². The summed E-state index contributed by atoms with van der Waals surface area (Å²) in [6.45, 7) is 3.32. The molecule has 1 saturated carbocycles. The van der Waals surface area contributed by atoms with Crippen molar-refractivity contribution < 1.29 is 24.2 Å². The number of aromatic nitrogens is 2. The second kappa shape index (κ2) is 7.65. The topological polar surface area (TPSA) is 94.7 Å². The van der Waals surface area contributed by atoms with E-state index in [0.29, 0.717) is 34.2 Å². The predicted molar refractivity (Wildman–Crippen MR) is 88.4 cm³/mol. The van der Waals surface area contributed by atoms with Gasteiger partial charge in [0.05, 0.1) is 23.9 Å². The number of aliphatic hydroxyl groups is 1. The highest BCUT2D eigenvalue weighted by atomic mass is 17.2. The molecule has 0 amide bonds. The van der Waals surface area contributed by atoms with Crippen molar-refractivity contribution in [1.82, 2.24) is 10.1 Å². The van der Waals surface area contributed by atoms with E-state index >= 15 is 0 Å². The Labute approximate surface area is 145 Å². The highest BCUT2D eigenvalue weighted by Gasteiger charge is 2.24. The van der Waals surface area contributed by atoms with Gasteiger partial charge in [-0.25, -0.2) is 9.78 Å². The molecule has 7 nitrogen and oxygen atoms in total. The quantitative estimate of drug-likeness (QED) is 0.656. The minimum Gasteiger partial charge on any atom is -0.391 e. The first-order valence-corrected chi connectivity index (χ1v) is 8.52. The second-order valence-corrected chi connectivity index (χ2v) is 6.33. The molecule has 0 spiro atoms. The van der Waals surface area contributed by atoms with Crippen molar-refractivity contribution in [3.63, 3.8) is 0 Å². The molecule has 1 N–H and O–H groups in total. The Morgan fingerprint density at radius 2 is 2.00 bits per heavy atom. The van der Waals surface area contributed by atoms with Crippen LogP contribution >= 0.6 is 0 Å². The van der Waals surface area contributed by atoms with Crippen molar-refractivity contribution in [2.24, 2.45) is 5.92 Å². The zero-order valence-electron chi connectivity index (χ0n) is 14.4. The fourth-order valence-electron chi connectivity index (χ4n) is 3.03. The average Bonchev–Trinajstić information content (AvgIpc) is 3.01. The number of carbonyl (C=O) groups excluding carboxylic acids is 1. The van der Waals surface area contributed by atoms with Crippen LogP contribution in [0.2, 0.25) is 0 Å². The first-order valence-electron chi connectivity index (χ1n) is 8.52.